The summed E-state index contributed by atoms with van der Waals surface area (Å²) in [5, 5.41) is 1.24. The van der Waals surface area contributed by atoms with E-state index < -0.39 is 0 Å². The largest absolute Gasteiger partial charge is 0.360 e. The fourth-order valence-electron chi connectivity index (χ4n) is 2.57. The van der Waals surface area contributed by atoms with E-state index in [2.05, 4.69) is 31.7 Å². The summed E-state index contributed by atoms with van der Waals surface area (Å²) in [6.45, 7) is 8.03. The van der Waals surface area contributed by atoms with Gasteiger partial charge in [-0.05, 0) is 37.3 Å². The van der Waals surface area contributed by atoms with Crippen LogP contribution in [0.1, 0.15) is 36.9 Å². The lowest BCUT2D eigenvalue weighted by molar-refractivity contribution is 0.112. The highest BCUT2D eigenvalue weighted by atomic mass is 32.1. The number of thiophene rings is 1. The lowest BCUT2D eigenvalue weighted by atomic mass is 9.86. The topological polar surface area (TPSA) is 20.3 Å². The Morgan fingerprint density at radius 2 is 2.12 bits per heavy atom. The van der Waals surface area contributed by atoms with Crippen molar-refractivity contribution in [3.8, 4) is 0 Å². The molecule has 3 unspecified atom stereocenters. The molecule has 0 radical (unpaired) electrons. The monoisotopic (exact) mass is 237 g/mol. The molecule has 88 valence electrons. The molecule has 1 aromatic rings. The number of hydrogen-bond acceptors (Lipinski definition) is 3. The first-order valence-electron chi connectivity index (χ1n) is 5.93. The van der Waals surface area contributed by atoms with Crippen molar-refractivity contribution in [2.45, 2.75) is 33.2 Å². The van der Waals surface area contributed by atoms with Gasteiger partial charge >= 0.3 is 0 Å². The Kier molecular flexibility index (Phi) is 3.33. The number of hydrogen-bond donors (Lipinski definition) is 0. The van der Waals surface area contributed by atoms with Crippen LogP contribution in [0, 0.1) is 11.8 Å². The van der Waals surface area contributed by atoms with Crippen molar-refractivity contribution in [1.82, 2.24) is 0 Å². The minimum absolute atomic E-state index is 0.578. The van der Waals surface area contributed by atoms with Crippen LogP contribution in [0.3, 0.4) is 0 Å². The summed E-state index contributed by atoms with van der Waals surface area (Å²) < 4.78 is 0. The summed E-state index contributed by atoms with van der Waals surface area (Å²) in [7, 11) is 0. The normalized spacial score (nSPS) is 30.4. The average molecular weight is 237 g/mol. The first-order valence-corrected chi connectivity index (χ1v) is 6.75. The van der Waals surface area contributed by atoms with Crippen molar-refractivity contribution in [3.63, 3.8) is 0 Å². The molecule has 16 heavy (non-hydrogen) atoms. The standard InChI is InChI=1S/C13H19NOS/c1-9-6-10(2)11(3)14(7-9)13-5-4-12(8-15)16-13/h4-5,8-11H,6-7H2,1-3H3. The summed E-state index contributed by atoms with van der Waals surface area (Å²) >= 11 is 1.61. The lowest BCUT2D eigenvalue weighted by Gasteiger charge is -2.41. The SMILES string of the molecule is CC1CC(C)C(C)N(c2ccc(C=O)s2)C1. The summed E-state index contributed by atoms with van der Waals surface area (Å²) in [5.41, 5.74) is 0. The van der Waals surface area contributed by atoms with Crippen LogP contribution in [0.2, 0.25) is 0 Å². The first-order chi connectivity index (χ1) is 7.61. The highest BCUT2D eigenvalue weighted by Gasteiger charge is 2.29. The van der Waals surface area contributed by atoms with Crippen molar-refractivity contribution < 1.29 is 4.79 Å². The predicted molar refractivity (Wildman–Crippen MR) is 69.5 cm³/mol. The van der Waals surface area contributed by atoms with Gasteiger partial charge in [0.1, 0.15) is 0 Å². The maximum absolute atomic E-state index is 10.7. The van der Waals surface area contributed by atoms with Crippen LogP contribution in [0.25, 0.3) is 0 Å². The zero-order chi connectivity index (χ0) is 11.7. The van der Waals surface area contributed by atoms with E-state index in [4.69, 9.17) is 0 Å². The third-order valence-electron chi connectivity index (χ3n) is 3.61. The van der Waals surface area contributed by atoms with E-state index in [0.717, 1.165) is 29.5 Å². The predicted octanol–water partition coefficient (Wildman–Crippen LogP) is 3.43. The molecule has 1 aliphatic heterocycles. The Hall–Kier alpha value is -0.830. The molecule has 3 heteroatoms. The van der Waals surface area contributed by atoms with Crippen molar-refractivity contribution in [2.24, 2.45) is 11.8 Å². The van der Waals surface area contributed by atoms with Gasteiger partial charge in [0.05, 0.1) is 9.88 Å². The van der Waals surface area contributed by atoms with E-state index in [1.807, 2.05) is 6.07 Å². The number of piperidine rings is 1. The minimum atomic E-state index is 0.578. The van der Waals surface area contributed by atoms with Crippen LogP contribution in [0.4, 0.5) is 5.00 Å². The maximum Gasteiger partial charge on any atom is 0.160 e. The highest BCUT2D eigenvalue weighted by molar-refractivity contribution is 7.17. The summed E-state index contributed by atoms with van der Waals surface area (Å²) in [4.78, 5) is 14.0. The van der Waals surface area contributed by atoms with E-state index in [1.165, 1.54) is 11.4 Å². The zero-order valence-electron chi connectivity index (χ0n) is 10.1. The number of anilines is 1. The van der Waals surface area contributed by atoms with Gasteiger partial charge in [0.25, 0.3) is 0 Å². The van der Waals surface area contributed by atoms with Crippen LogP contribution in [-0.2, 0) is 0 Å². The molecule has 1 aromatic heterocycles. The molecule has 2 nitrogen and oxygen atoms in total. The Bertz CT molecular complexity index is 374. The second-order valence-corrected chi connectivity index (χ2v) is 6.10. The second-order valence-electron chi connectivity index (χ2n) is 5.00. The zero-order valence-corrected chi connectivity index (χ0v) is 11.0. The van der Waals surface area contributed by atoms with E-state index in [-0.39, 0.29) is 0 Å². The van der Waals surface area contributed by atoms with Gasteiger partial charge in [-0.15, -0.1) is 11.3 Å². The van der Waals surface area contributed by atoms with Crippen LogP contribution >= 0.6 is 11.3 Å². The third kappa shape index (κ3) is 2.14. The Labute approximate surface area is 101 Å². The molecule has 0 aliphatic carbocycles. The third-order valence-corrected chi connectivity index (χ3v) is 4.66. The summed E-state index contributed by atoms with van der Waals surface area (Å²) in [6, 6.07) is 4.58. The van der Waals surface area contributed by atoms with Gasteiger partial charge in [0.2, 0.25) is 0 Å². The number of carbonyl (C=O) groups is 1. The van der Waals surface area contributed by atoms with E-state index in [9.17, 15) is 4.79 Å². The van der Waals surface area contributed by atoms with Crippen molar-refractivity contribution in [3.05, 3.63) is 17.0 Å². The molecule has 2 rings (SSSR count). The Morgan fingerprint density at radius 1 is 1.38 bits per heavy atom. The first kappa shape index (κ1) is 11.6. The molecule has 0 bridgehead atoms. The van der Waals surface area contributed by atoms with Crippen molar-refractivity contribution in [1.29, 1.82) is 0 Å². The molecule has 0 amide bonds. The molecule has 1 fully saturated rings. The highest BCUT2D eigenvalue weighted by Crippen LogP contribution is 2.34. The van der Waals surface area contributed by atoms with Crippen LogP contribution < -0.4 is 4.90 Å². The number of nitrogens with zero attached hydrogens (tertiary/aromatic N) is 1. The van der Waals surface area contributed by atoms with Crippen molar-refractivity contribution >= 4 is 22.6 Å². The van der Waals surface area contributed by atoms with Gasteiger partial charge in [-0.1, -0.05) is 13.8 Å². The molecule has 0 N–H and O–H groups in total. The lowest BCUT2D eigenvalue weighted by Crippen LogP contribution is -2.45. The summed E-state index contributed by atoms with van der Waals surface area (Å²) in [5.74, 6) is 1.47. The van der Waals surface area contributed by atoms with Gasteiger partial charge in [-0.2, -0.15) is 0 Å². The van der Waals surface area contributed by atoms with E-state index in [0.29, 0.717) is 6.04 Å². The number of carbonyl (C=O) groups excluding carboxylic acids is 1. The van der Waals surface area contributed by atoms with Gasteiger partial charge < -0.3 is 4.90 Å². The molecule has 1 aliphatic rings. The van der Waals surface area contributed by atoms with Gasteiger partial charge in [0, 0.05) is 12.6 Å². The minimum Gasteiger partial charge on any atom is -0.360 e. The van der Waals surface area contributed by atoms with E-state index >= 15 is 0 Å². The molecular weight excluding hydrogens is 218 g/mol. The number of rotatable bonds is 2. The van der Waals surface area contributed by atoms with E-state index in [1.54, 1.807) is 11.3 Å². The second kappa shape index (κ2) is 4.58. The molecule has 0 aromatic carbocycles. The quantitative estimate of drug-likeness (QED) is 0.734. The van der Waals surface area contributed by atoms with Crippen LogP contribution in [-0.4, -0.2) is 18.9 Å². The van der Waals surface area contributed by atoms with Crippen molar-refractivity contribution in [2.75, 3.05) is 11.4 Å². The molecule has 3 atom stereocenters. The molecule has 2 heterocycles. The molecular formula is C13H19NOS. The van der Waals surface area contributed by atoms with Crippen LogP contribution in [0.5, 0.6) is 0 Å². The maximum atomic E-state index is 10.7. The molecule has 1 saturated heterocycles. The number of aldehydes is 1. The summed E-state index contributed by atoms with van der Waals surface area (Å²) in [6.07, 6.45) is 2.25. The van der Waals surface area contributed by atoms with Gasteiger partial charge in [0.15, 0.2) is 6.29 Å². The smallest absolute Gasteiger partial charge is 0.160 e. The van der Waals surface area contributed by atoms with Gasteiger partial charge in [-0.3, -0.25) is 4.79 Å². The Balaban J connectivity index is 2.21. The molecule has 0 saturated carbocycles. The average Bonchev–Trinajstić information content (AvgIpc) is 2.71. The fourth-order valence-corrected chi connectivity index (χ4v) is 3.49. The Morgan fingerprint density at radius 3 is 2.75 bits per heavy atom. The fraction of sp³-hybridized carbons (Fsp3) is 0.615. The molecule has 0 spiro atoms. The van der Waals surface area contributed by atoms with Crippen LogP contribution in [0.15, 0.2) is 12.1 Å². The van der Waals surface area contributed by atoms with Gasteiger partial charge in [-0.25, -0.2) is 0 Å².